The Labute approximate surface area is 175 Å². The first-order valence-electron chi connectivity index (χ1n) is 8.71. The maximum Gasteiger partial charge on any atom is 0.322 e. The second kappa shape index (κ2) is 8.59. The van der Waals surface area contributed by atoms with E-state index >= 15 is 0 Å². The number of nitrogens with zero attached hydrogens (tertiary/aromatic N) is 2. The van der Waals surface area contributed by atoms with Crippen LogP contribution in [0.15, 0.2) is 62.3 Å². The van der Waals surface area contributed by atoms with E-state index in [0.717, 1.165) is 10.3 Å². The lowest BCUT2D eigenvalue weighted by molar-refractivity contribution is -0.115. The summed E-state index contributed by atoms with van der Waals surface area (Å²) in [5.41, 5.74) is 0.591. The van der Waals surface area contributed by atoms with Crippen molar-refractivity contribution < 1.29 is 18.4 Å². The van der Waals surface area contributed by atoms with Crippen LogP contribution in [0.1, 0.15) is 6.42 Å². The summed E-state index contributed by atoms with van der Waals surface area (Å²) in [5, 5.41) is 11.9. The number of carbonyl (C=O) groups is 1. The van der Waals surface area contributed by atoms with Crippen molar-refractivity contribution >= 4 is 46.3 Å². The zero-order valence-electron chi connectivity index (χ0n) is 15.3. The van der Waals surface area contributed by atoms with Gasteiger partial charge in [0.05, 0.1) is 7.11 Å². The van der Waals surface area contributed by atoms with E-state index in [9.17, 15) is 4.79 Å². The van der Waals surface area contributed by atoms with Gasteiger partial charge in [-0.25, -0.2) is 0 Å². The van der Waals surface area contributed by atoms with Crippen molar-refractivity contribution in [2.45, 2.75) is 11.3 Å². The number of hydrogen-bond donors (Lipinski definition) is 1. The molecule has 0 saturated heterocycles. The molecule has 0 radical (unpaired) electrons. The molecule has 1 N–H and O–H groups in total. The van der Waals surface area contributed by atoms with Gasteiger partial charge in [0.25, 0.3) is 5.89 Å². The first kappa shape index (κ1) is 19.4. The predicted molar refractivity (Wildman–Crippen MR) is 111 cm³/mol. The molecule has 0 aliphatic rings. The second-order valence-electron chi connectivity index (χ2n) is 6.00. The number of para-hydroxylation sites is 1. The van der Waals surface area contributed by atoms with Crippen LogP contribution in [0, 0.1) is 0 Å². The molecule has 1 amide bonds. The first-order valence-corrected chi connectivity index (χ1v) is 10.1. The van der Waals surface area contributed by atoms with Crippen molar-refractivity contribution in [3.8, 4) is 17.4 Å². The highest BCUT2D eigenvalue weighted by atomic mass is 35.5. The van der Waals surface area contributed by atoms with Gasteiger partial charge < -0.3 is 13.6 Å². The Morgan fingerprint density at radius 2 is 2.00 bits per heavy atom. The molecule has 0 saturated carbocycles. The van der Waals surface area contributed by atoms with Crippen LogP contribution in [-0.4, -0.2) is 29.0 Å². The summed E-state index contributed by atoms with van der Waals surface area (Å²) >= 11 is 7.42. The third kappa shape index (κ3) is 4.55. The van der Waals surface area contributed by atoms with E-state index in [0.29, 0.717) is 34.3 Å². The largest absolute Gasteiger partial charge is 0.493 e. The van der Waals surface area contributed by atoms with Gasteiger partial charge in [-0.05, 0) is 36.4 Å². The molecule has 0 spiro atoms. The predicted octanol–water partition coefficient (Wildman–Crippen LogP) is 5.27. The smallest absolute Gasteiger partial charge is 0.322 e. The van der Waals surface area contributed by atoms with Gasteiger partial charge in [0.1, 0.15) is 0 Å². The molecular formula is C20H16ClN3O4S. The van der Waals surface area contributed by atoms with Gasteiger partial charge >= 0.3 is 6.01 Å². The summed E-state index contributed by atoms with van der Waals surface area (Å²) in [5.74, 6) is 1.58. The first-order chi connectivity index (χ1) is 14.1. The summed E-state index contributed by atoms with van der Waals surface area (Å²) < 4.78 is 16.6. The number of carbonyl (C=O) groups excluding carboxylic acids is 1. The monoisotopic (exact) mass is 429 g/mol. The number of rotatable bonds is 7. The molecule has 0 aliphatic heterocycles. The van der Waals surface area contributed by atoms with Crippen molar-refractivity contribution in [2.24, 2.45) is 0 Å². The average Bonchev–Trinajstić information content (AvgIpc) is 3.36. The van der Waals surface area contributed by atoms with E-state index in [-0.39, 0.29) is 17.8 Å². The highest BCUT2D eigenvalue weighted by Crippen LogP contribution is 2.33. The van der Waals surface area contributed by atoms with Gasteiger partial charge in [-0.1, -0.05) is 28.8 Å². The van der Waals surface area contributed by atoms with Crippen LogP contribution in [0.5, 0.6) is 5.75 Å². The number of nitrogens with one attached hydrogen (secondary N) is 1. The quantitative estimate of drug-likeness (QED) is 0.400. The fraction of sp³-hybridized carbons (Fsp3) is 0.150. The standard InChI is InChI=1S/C20H16ClN3O4S/c1-26-15-4-2-3-12-11-16(27-18(12)15)19-23-24-20(28-19)22-17(25)9-10-29-14-7-5-13(21)6-8-14/h2-8,11H,9-10H2,1H3,(H,22,24,25). The Morgan fingerprint density at radius 3 is 2.79 bits per heavy atom. The Morgan fingerprint density at radius 1 is 1.17 bits per heavy atom. The van der Waals surface area contributed by atoms with Crippen LogP contribution in [0.2, 0.25) is 5.02 Å². The molecule has 2 aromatic carbocycles. The van der Waals surface area contributed by atoms with E-state index in [1.54, 1.807) is 31.0 Å². The fourth-order valence-corrected chi connectivity index (χ4v) is 3.63. The Kier molecular flexibility index (Phi) is 5.73. The minimum atomic E-state index is -0.215. The number of aromatic nitrogens is 2. The van der Waals surface area contributed by atoms with E-state index in [2.05, 4.69) is 15.5 Å². The maximum atomic E-state index is 12.1. The van der Waals surface area contributed by atoms with Gasteiger partial charge in [-0.15, -0.1) is 16.9 Å². The number of ether oxygens (including phenoxy) is 1. The van der Waals surface area contributed by atoms with Crippen LogP contribution < -0.4 is 10.1 Å². The number of amides is 1. The number of anilines is 1. The normalized spacial score (nSPS) is 11.0. The van der Waals surface area contributed by atoms with Crippen molar-refractivity contribution in [1.29, 1.82) is 0 Å². The van der Waals surface area contributed by atoms with E-state index in [1.807, 2.05) is 36.4 Å². The molecule has 0 aliphatic carbocycles. The van der Waals surface area contributed by atoms with E-state index in [4.69, 9.17) is 25.2 Å². The number of methoxy groups -OCH3 is 1. The number of thioether (sulfide) groups is 1. The van der Waals surface area contributed by atoms with Crippen LogP contribution >= 0.6 is 23.4 Å². The van der Waals surface area contributed by atoms with E-state index < -0.39 is 0 Å². The van der Waals surface area contributed by atoms with Crippen LogP contribution in [0.3, 0.4) is 0 Å². The van der Waals surface area contributed by atoms with Crippen molar-refractivity contribution in [2.75, 3.05) is 18.2 Å². The zero-order valence-corrected chi connectivity index (χ0v) is 16.9. The van der Waals surface area contributed by atoms with Crippen molar-refractivity contribution in [3.05, 3.63) is 53.6 Å². The summed E-state index contributed by atoms with van der Waals surface area (Å²) in [4.78, 5) is 13.2. The van der Waals surface area contributed by atoms with Crippen LogP contribution in [0.4, 0.5) is 6.01 Å². The number of furan rings is 1. The lowest BCUT2D eigenvalue weighted by Crippen LogP contribution is -2.12. The van der Waals surface area contributed by atoms with Crippen molar-refractivity contribution in [1.82, 2.24) is 10.2 Å². The van der Waals surface area contributed by atoms with Crippen LogP contribution in [0.25, 0.3) is 22.6 Å². The molecule has 9 heteroatoms. The highest BCUT2D eigenvalue weighted by molar-refractivity contribution is 7.99. The summed E-state index contributed by atoms with van der Waals surface area (Å²) in [6.07, 6.45) is 0.298. The SMILES string of the molecule is COc1cccc2cc(-c3nnc(NC(=O)CCSc4ccc(Cl)cc4)o3)oc12. The van der Waals surface area contributed by atoms with Gasteiger partial charge in [0.15, 0.2) is 17.1 Å². The molecule has 7 nitrogen and oxygen atoms in total. The van der Waals surface area contributed by atoms with E-state index in [1.165, 1.54) is 0 Å². The minimum absolute atomic E-state index is 0.0221. The maximum absolute atomic E-state index is 12.1. The molecule has 0 unspecified atom stereocenters. The molecule has 4 aromatic rings. The summed E-state index contributed by atoms with van der Waals surface area (Å²) in [6, 6.07) is 14.8. The Bertz CT molecular complexity index is 1140. The molecule has 148 valence electrons. The topological polar surface area (TPSA) is 90.4 Å². The molecule has 0 atom stereocenters. The molecule has 2 heterocycles. The number of hydrogen-bond acceptors (Lipinski definition) is 7. The molecule has 29 heavy (non-hydrogen) atoms. The Hall–Kier alpha value is -2.97. The second-order valence-corrected chi connectivity index (χ2v) is 7.61. The van der Waals surface area contributed by atoms with Gasteiger partial charge in [0.2, 0.25) is 5.91 Å². The molecule has 4 rings (SSSR count). The van der Waals surface area contributed by atoms with Gasteiger partial charge in [0, 0.05) is 27.5 Å². The third-order valence-corrected chi connectivity index (χ3v) is 5.29. The highest BCUT2D eigenvalue weighted by Gasteiger charge is 2.16. The third-order valence-electron chi connectivity index (χ3n) is 4.02. The summed E-state index contributed by atoms with van der Waals surface area (Å²) in [7, 11) is 1.57. The average molecular weight is 430 g/mol. The van der Waals surface area contributed by atoms with Gasteiger partial charge in [-0.2, -0.15) is 0 Å². The van der Waals surface area contributed by atoms with Gasteiger partial charge in [-0.3, -0.25) is 10.1 Å². The molecular weight excluding hydrogens is 414 g/mol. The number of fused-ring (bicyclic) bond motifs is 1. The fourth-order valence-electron chi connectivity index (χ4n) is 2.65. The lowest BCUT2D eigenvalue weighted by atomic mass is 10.2. The summed E-state index contributed by atoms with van der Waals surface area (Å²) in [6.45, 7) is 0. The van der Waals surface area contributed by atoms with Crippen molar-refractivity contribution in [3.63, 3.8) is 0 Å². The number of benzene rings is 2. The lowest BCUT2D eigenvalue weighted by Gasteiger charge is -2.02. The molecule has 2 aromatic heterocycles. The zero-order chi connectivity index (χ0) is 20.2. The number of halogens is 1. The van der Waals surface area contributed by atoms with Crippen LogP contribution in [-0.2, 0) is 4.79 Å². The minimum Gasteiger partial charge on any atom is -0.493 e. The Balaban J connectivity index is 1.36. The molecule has 0 bridgehead atoms. The molecule has 0 fully saturated rings.